The van der Waals surface area contributed by atoms with Crippen molar-refractivity contribution in [3.05, 3.63) is 0 Å². The third-order valence-electron chi connectivity index (χ3n) is 4.47. The van der Waals surface area contributed by atoms with Gasteiger partial charge in [-0.1, -0.05) is 0 Å². The van der Waals surface area contributed by atoms with Crippen LogP contribution >= 0.6 is 0 Å². The van der Waals surface area contributed by atoms with Crippen molar-refractivity contribution in [3.63, 3.8) is 0 Å². The zero-order chi connectivity index (χ0) is 14.6. The molecule has 0 unspecified atom stereocenters. The molecule has 116 valence electrons. The predicted molar refractivity (Wildman–Crippen MR) is 82.8 cm³/mol. The van der Waals surface area contributed by atoms with Gasteiger partial charge < -0.3 is 15.1 Å². The lowest BCUT2D eigenvalue weighted by Gasteiger charge is -2.36. The summed E-state index contributed by atoms with van der Waals surface area (Å²) in [6.45, 7) is 11.7. The SMILES string of the molecule is CC(C)(C)NCCC(=O)N1CCC(N2CCCC2)CC1. The van der Waals surface area contributed by atoms with E-state index in [9.17, 15) is 4.79 Å². The smallest absolute Gasteiger partial charge is 0.223 e. The van der Waals surface area contributed by atoms with Gasteiger partial charge in [-0.2, -0.15) is 0 Å². The maximum absolute atomic E-state index is 12.2. The van der Waals surface area contributed by atoms with Gasteiger partial charge in [-0.15, -0.1) is 0 Å². The summed E-state index contributed by atoms with van der Waals surface area (Å²) < 4.78 is 0. The molecule has 0 spiro atoms. The summed E-state index contributed by atoms with van der Waals surface area (Å²) in [5.41, 5.74) is 0.100. The highest BCUT2D eigenvalue weighted by Crippen LogP contribution is 2.21. The van der Waals surface area contributed by atoms with Crippen molar-refractivity contribution in [2.75, 3.05) is 32.7 Å². The monoisotopic (exact) mass is 281 g/mol. The predicted octanol–water partition coefficient (Wildman–Crippen LogP) is 1.85. The van der Waals surface area contributed by atoms with Crippen molar-refractivity contribution in [2.45, 2.75) is 64.5 Å². The standard InChI is InChI=1S/C16H31N3O/c1-16(2,3)17-9-6-15(20)19-12-7-14(8-13-19)18-10-4-5-11-18/h14,17H,4-13H2,1-3H3. The number of nitrogens with one attached hydrogen (secondary N) is 1. The molecule has 1 amide bonds. The third kappa shape index (κ3) is 4.74. The number of carbonyl (C=O) groups is 1. The maximum atomic E-state index is 12.2. The first kappa shape index (κ1) is 15.8. The van der Waals surface area contributed by atoms with Crippen LogP contribution in [0.15, 0.2) is 0 Å². The van der Waals surface area contributed by atoms with Crippen LogP contribution in [0.5, 0.6) is 0 Å². The Hall–Kier alpha value is -0.610. The zero-order valence-corrected chi connectivity index (χ0v) is 13.5. The van der Waals surface area contributed by atoms with E-state index in [0.717, 1.165) is 25.7 Å². The Labute approximate surface area is 123 Å². The van der Waals surface area contributed by atoms with E-state index in [0.29, 0.717) is 12.3 Å². The summed E-state index contributed by atoms with van der Waals surface area (Å²) in [5.74, 6) is 0.321. The van der Waals surface area contributed by atoms with Crippen LogP contribution in [0.2, 0.25) is 0 Å². The third-order valence-corrected chi connectivity index (χ3v) is 4.47. The molecule has 2 aliphatic heterocycles. The molecule has 2 saturated heterocycles. The molecule has 4 heteroatoms. The number of hydrogen-bond donors (Lipinski definition) is 1. The van der Waals surface area contributed by atoms with Crippen molar-refractivity contribution in [1.82, 2.24) is 15.1 Å². The molecule has 2 heterocycles. The molecule has 20 heavy (non-hydrogen) atoms. The summed E-state index contributed by atoms with van der Waals surface area (Å²) in [6, 6.07) is 0.731. The van der Waals surface area contributed by atoms with Gasteiger partial charge in [-0.05, 0) is 59.5 Å². The molecule has 2 aliphatic rings. The minimum atomic E-state index is 0.100. The van der Waals surface area contributed by atoms with E-state index in [2.05, 4.69) is 35.9 Å². The first-order chi connectivity index (χ1) is 9.46. The van der Waals surface area contributed by atoms with Crippen LogP contribution in [0.4, 0.5) is 0 Å². The number of likely N-dealkylation sites (tertiary alicyclic amines) is 2. The Morgan fingerprint density at radius 2 is 1.70 bits per heavy atom. The quantitative estimate of drug-likeness (QED) is 0.854. The van der Waals surface area contributed by atoms with Gasteiger partial charge in [0.15, 0.2) is 0 Å². The summed E-state index contributed by atoms with van der Waals surface area (Å²) in [5, 5.41) is 3.39. The highest BCUT2D eigenvalue weighted by Gasteiger charge is 2.28. The van der Waals surface area contributed by atoms with Crippen LogP contribution < -0.4 is 5.32 Å². The fourth-order valence-corrected chi connectivity index (χ4v) is 3.29. The highest BCUT2D eigenvalue weighted by molar-refractivity contribution is 5.76. The molecule has 4 nitrogen and oxygen atoms in total. The van der Waals surface area contributed by atoms with Crippen molar-refractivity contribution in [3.8, 4) is 0 Å². The molecular formula is C16H31N3O. The van der Waals surface area contributed by atoms with Crippen molar-refractivity contribution < 1.29 is 4.79 Å². The average Bonchev–Trinajstić information content (AvgIpc) is 2.91. The van der Waals surface area contributed by atoms with E-state index in [1.165, 1.54) is 38.8 Å². The van der Waals surface area contributed by atoms with Gasteiger partial charge in [0.05, 0.1) is 0 Å². The summed E-state index contributed by atoms with van der Waals surface area (Å²) in [7, 11) is 0. The number of nitrogens with zero attached hydrogens (tertiary/aromatic N) is 2. The second kappa shape index (κ2) is 6.90. The fourth-order valence-electron chi connectivity index (χ4n) is 3.29. The second-order valence-corrected chi connectivity index (χ2v) is 7.28. The van der Waals surface area contributed by atoms with Gasteiger partial charge in [0.25, 0.3) is 0 Å². The van der Waals surface area contributed by atoms with Crippen LogP contribution in [0.3, 0.4) is 0 Å². The Bertz CT molecular complexity index is 310. The molecule has 2 fully saturated rings. The first-order valence-corrected chi connectivity index (χ1v) is 8.22. The van der Waals surface area contributed by atoms with Crippen molar-refractivity contribution in [2.24, 2.45) is 0 Å². The van der Waals surface area contributed by atoms with Gasteiger partial charge in [0.2, 0.25) is 5.91 Å². The van der Waals surface area contributed by atoms with Gasteiger partial charge >= 0.3 is 0 Å². The molecule has 0 radical (unpaired) electrons. The van der Waals surface area contributed by atoms with E-state index >= 15 is 0 Å². The number of carbonyl (C=O) groups excluding carboxylic acids is 1. The number of piperidine rings is 1. The van der Waals surface area contributed by atoms with Gasteiger partial charge in [0.1, 0.15) is 0 Å². The molecule has 0 aliphatic carbocycles. The second-order valence-electron chi connectivity index (χ2n) is 7.28. The van der Waals surface area contributed by atoms with Crippen LogP contribution in [0.25, 0.3) is 0 Å². The van der Waals surface area contributed by atoms with Crippen LogP contribution in [-0.4, -0.2) is 60.0 Å². The molecule has 2 rings (SSSR count). The Morgan fingerprint density at radius 1 is 1.10 bits per heavy atom. The van der Waals surface area contributed by atoms with E-state index in [-0.39, 0.29) is 5.54 Å². The molecule has 0 saturated carbocycles. The molecule has 0 atom stereocenters. The van der Waals surface area contributed by atoms with Crippen LogP contribution in [0.1, 0.15) is 52.9 Å². The summed E-state index contributed by atoms with van der Waals surface area (Å²) >= 11 is 0. The minimum absolute atomic E-state index is 0.100. The summed E-state index contributed by atoms with van der Waals surface area (Å²) in [4.78, 5) is 16.9. The normalized spacial score (nSPS) is 22.4. The van der Waals surface area contributed by atoms with Gasteiger partial charge in [0, 0.05) is 37.6 Å². The molecule has 0 aromatic carbocycles. The fraction of sp³-hybridized carbons (Fsp3) is 0.938. The van der Waals surface area contributed by atoms with E-state index in [1.54, 1.807) is 0 Å². The largest absolute Gasteiger partial charge is 0.343 e. The Balaban J connectivity index is 1.66. The topological polar surface area (TPSA) is 35.6 Å². The molecule has 0 bridgehead atoms. The lowest BCUT2D eigenvalue weighted by Crippen LogP contribution is -2.46. The van der Waals surface area contributed by atoms with Crippen LogP contribution in [0, 0.1) is 0 Å². The molecule has 0 aromatic heterocycles. The first-order valence-electron chi connectivity index (χ1n) is 8.22. The average molecular weight is 281 g/mol. The number of amides is 1. The number of rotatable bonds is 4. The maximum Gasteiger partial charge on any atom is 0.223 e. The van der Waals surface area contributed by atoms with Crippen molar-refractivity contribution in [1.29, 1.82) is 0 Å². The summed E-state index contributed by atoms with van der Waals surface area (Å²) in [6.07, 6.45) is 5.68. The Morgan fingerprint density at radius 3 is 2.25 bits per heavy atom. The molecule has 0 aromatic rings. The zero-order valence-electron chi connectivity index (χ0n) is 13.5. The van der Waals surface area contributed by atoms with E-state index in [1.807, 2.05) is 0 Å². The highest BCUT2D eigenvalue weighted by atomic mass is 16.2. The van der Waals surface area contributed by atoms with E-state index in [4.69, 9.17) is 0 Å². The minimum Gasteiger partial charge on any atom is -0.343 e. The Kier molecular flexibility index (Phi) is 5.44. The van der Waals surface area contributed by atoms with E-state index < -0.39 is 0 Å². The lowest BCUT2D eigenvalue weighted by molar-refractivity contribution is -0.132. The molecule has 1 N–H and O–H groups in total. The lowest BCUT2D eigenvalue weighted by atomic mass is 10.0. The van der Waals surface area contributed by atoms with Gasteiger partial charge in [-0.3, -0.25) is 4.79 Å². The van der Waals surface area contributed by atoms with Crippen molar-refractivity contribution >= 4 is 5.91 Å². The van der Waals surface area contributed by atoms with Crippen LogP contribution in [-0.2, 0) is 4.79 Å². The molecular weight excluding hydrogens is 250 g/mol. The number of hydrogen-bond acceptors (Lipinski definition) is 3. The van der Waals surface area contributed by atoms with Gasteiger partial charge in [-0.25, -0.2) is 0 Å².